The fourth-order valence-electron chi connectivity index (χ4n) is 1.44. The number of nitrogens with zero attached hydrogens (tertiary/aromatic N) is 2. The van der Waals surface area contributed by atoms with Crippen LogP contribution in [0.1, 0.15) is 5.69 Å². The summed E-state index contributed by atoms with van der Waals surface area (Å²) in [5.74, 6) is -2.64. The first-order valence-corrected chi connectivity index (χ1v) is 4.70. The van der Waals surface area contributed by atoms with Crippen LogP contribution in [0.3, 0.4) is 0 Å². The standard InChI is InChI=1S/C11H8N2O4/c14-10(15)6-8(11(16)17)9-5-7-3-1-2-4-13(7)12-9/h1-6H,(H,14,15)(H,16,17)/b8-6-. The minimum absolute atomic E-state index is 0.117. The molecule has 0 saturated heterocycles. The number of fused-ring (bicyclic) bond motifs is 1. The maximum absolute atomic E-state index is 10.9. The van der Waals surface area contributed by atoms with E-state index in [0.717, 1.165) is 0 Å². The minimum atomic E-state index is -1.32. The second-order valence-electron chi connectivity index (χ2n) is 3.30. The molecule has 0 saturated carbocycles. The van der Waals surface area contributed by atoms with Crippen LogP contribution in [0.25, 0.3) is 11.1 Å². The van der Waals surface area contributed by atoms with Crippen molar-refractivity contribution in [1.82, 2.24) is 9.61 Å². The summed E-state index contributed by atoms with van der Waals surface area (Å²) in [5, 5.41) is 21.5. The highest BCUT2D eigenvalue weighted by Gasteiger charge is 2.15. The van der Waals surface area contributed by atoms with E-state index in [2.05, 4.69) is 5.10 Å². The van der Waals surface area contributed by atoms with Gasteiger partial charge in [0.2, 0.25) is 0 Å². The van der Waals surface area contributed by atoms with E-state index in [0.29, 0.717) is 11.6 Å². The fraction of sp³-hybridized carbons (Fsp3) is 0. The van der Waals surface area contributed by atoms with Gasteiger partial charge in [0.25, 0.3) is 0 Å². The number of hydrogen-bond donors (Lipinski definition) is 2. The predicted octanol–water partition coefficient (Wildman–Crippen LogP) is 0.887. The van der Waals surface area contributed by atoms with Crippen LogP contribution in [-0.4, -0.2) is 31.8 Å². The van der Waals surface area contributed by atoms with E-state index in [9.17, 15) is 9.59 Å². The van der Waals surface area contributed by atoms with E-state index in [-0.39, 0.29) is 11.3 Å². The number of carboxylic acids is 2. The molecule has 6 heteroatoms. The lowest BCUT2D eigenvalue weighted by molar-refractivity contribution is -0.133. The molecule has 17 heavy (non-hydrogen) atoms. The average Bonchev–Trinajstić information content (AvgIpc) is 2.68. The molecule has 2 heterocycles. The van der Waals surface area contributed by atoms with E-state index in [4.69, 9.17) is 10.2 Å². The van der Waals surface area contributed by atoms with Gasteiger partial charge in [-0.1, -0.05) is 6.07 Å². The van der Waals surface area contributed by atoms with Crippen LogP contribution in [0.15, 0.2) is 36.5 Å². The Hall–Kier alpha value is -2.63. The molecule has 0 aliphatic carbocycles. The number of aromatic nitrogens is 2. The molecule has 0 aliphatic heterocycles. The molecular weight excluding hydrogens is 224 g/mol. The van der Waals surface area contributed by atoms with Gasteiger partial charge in [0.1, 0.15) is 5.69 Å². The van der Waals surface area contributed by atoms with E-state index >= 15 is 0 Å². The monoisotopic (exact) mass is 232 g/mol. The van der Waals surface area contributed by atoms with Gasteiger partial charge >= 0.3 is 11.9 Å². The Bertz CT molecular complexity index is 594. The third kappa shape index (κ3) is 2.15. The van der Waals surface area contributed by atoms with Crippen molar-refractivity contribution >= 4 is 23.0 Å². The second-order valence-corrected chi connectivity index (χ2v) is 3.30. The average molecular weight is 232 g/mol. The van der Waals surface area contributed by atoms with Crippen LogP contribution in [0, 0.1) is 0 Å². The molecule has 0 radical (unpaired) electrons. The summed E-state index contributed by atoms with van der Waals surface area (Å²) >= 11 is 0. The zero-order valence-corrected chi connectivity index (χ0v) is 8.57. The van der Waals surface area contributed by atoms with Gasteiger partial charge in [-0.2, -0.15) is 5.10 Å². The molecule has 2 N–H and O–H groups in total. The highest BCUT2D eigenvalue weighted by atomic mass is 16.4. The number of aliphatic carboxylic acids is 2. The summed E-state index contributed by atoms with van der Waals surface area (Å²) in [7, 11) is 0. The van der Waals surface area contributed by atoms with Crippen molar-refractivity contribution in [3.05, 3.63) is 42.2 Å². The molecule has 86 valence electrons. The molecular formula is C11H8N2O4. The smallest absolute Gasteiger partial charge is 0.338 e. The zero-order valence-electron chi connectivity index (χ0n) is 8.57. The number of carboxylic acid groups (broad SMARTS) is 2. The van der Waals surface area contributed by atoms with Crippen molar-refractivity contribution in [2.75, 3.05) is 0 Å². The van der Waals surface area contributed by atoms with Gasteiger partial charge in [-0.3, -0.25) is 0 Å². The van der Waals surface area contributed by atoms with Gasteiger partial charge < -0.3 is 10.2 Å². The Morgan fingerprint density at radius 1 is 1.29 bits per heavy atom. The third-order valence-corrected chi connectivity index (χ3v) is 2.14. The molecule has 6 nitrogen and oxygen atoms in total. The lowest BCUT2D eigenvalue weighted by Gasteiger charge is -1.94. The third-order valence-electron chi connectivity index (χ3n) is 2.14. The Labute approximate surface area is 95.4 Å². The maximum Gasteiger partial charge on any atom is 0.338 e. The first-order chi connectivity index (χ1) is 8.08. The summed E-state index contributed by atoms with van der Waals surface area (Å²) in [5.41, 5.74) is 0.465. The summed E-state index contributed by atoms with van der Waals surface area (Å²) in [4.78, 5) is 21.5. The van der Waals surface area contributed by atoms with E-state index in [1.54, 1.807) is 24.4 Å². The van der Waals surface area contributed by atoms with Gasteiger partial charge in [0, 0.05) is 12.3 Å². The van der Waals surface area contributed by atoms with Crippen molar-refractivity contribution in [1.29, 1.82) is 0 Å². The van der Waals surface area contributed by atoms with Crippen LogP contribution in [0.5, 0.6) is 0 Å². The highest BCUT2D eigenvalue weighted by Crippen LogP contribution is 2.15. The number of pyridine rings is 1. The molecule has 0 aliphatic rings. The van der Waals surface area contributed by atoms with E-state index in [1.807, 2.05) is 0 Å². The normalized spacial score (nSPS) is 11.6. The lowest BCUT2D eigenvalue weighted by Crippen LogP contribution is -2.03. The first-order valence-electron chi connectivity index (χ1n) is 4.70. The van der Waals surface area contributed by atoms with Gasteiger partial charge in [0.05, 0.1) is 11.1 Å². The molecule has 0 unspecified atom stereocenters. The summed E-state index contributed by atoms with van der Waals surface area (Å²) in [6.07, 6.45) is 2.28. The number of rotatable bonds is 3. The zero-order chi connectivity index (χ0) is 12.4. The Morgan fingerprint density at radius 2 is 2.06 bits per heavy atom. The van der Waals surface area contributed by atoms with E-state index in [1.165, 1.54) is 10.6 Å². The minimum Gasteiger partial charge on any atom is -0.478 e. The Balaban J connectivity index is 2.57. The Morgan fingerprint density at radius 3 is 2.65 bits per heavy atom. The van der Waals surface area contributed by atoms with Crippen LogP contribution in [0.2, 0.25) is 0 Å². The summed E-state index contributed by atoms with van der Waals surface area (Å²) < 4.78 is 1.48. The van der Waals surface area contributed by atoms with Crippen LogP contribution in [-0.2, 0) is 9.59 Å². The molecule has 0 aromatic carbocycles. The number of carbonyl (C=O) groups is 2. The quantitative estimate of drug-likeness (QED) is 0.766. The molecule has 0 fully saturated rings. The van der Waals surface area contributed by atoms with Crippen molar-refractivity contribution in [3.63, 3.8) is 0 Å². The Kier molecular flexibility index (Phi) is 2.61. The highest BCUT2D eigenvalue weighted by molar-refractivity contribution is 6.19. The summed E-state index contributed by atoms with van der Waals surface area (Å²) in [6, 6.07) is 6.78. The second kappa shape index (κ2) is 4.09. The van der Waals surface area contributed by atoms with Gasteiger partial charge in [-0.25, -0.2) is 14.1 Å². The predicted molar refractivity (Wildman–Crippen MR) is 58.4 cm³/mol. The first kappa shape index (κ1) is 10.9. The van der Waals surface area contributed by atoms with Crippen LogP contribution in [0.4, 0.5) is 0 Å². The fourth-order valence-corrected chi connectivity index (χ4v) is 1.44. The van der Waals surface area contributed by atoms with Crippen molar-refractivity contribution in [2.45, 2.75) is 0 Å². The molecule has 2 aromatic heterocycles. The topological polar surface area (TPSA) is 91.9 Å². The maximum atomic E-state index is 10.9. The van der Waals surface area contributed by atoms with Crippen LogP contribution >= 0.6 is 0 Å². The molecule has 2 rings (SSSR count). The largest absolute Gasteiger partial charge is 0.478 e. The molecule has 2 aromatic rings. The molecule has 0 spiro atoms. The van der Waals surface area contributed by atoms with Gasteiger partial charge in [-0.05, 0) is 18.2 Å². The molecule has 0 bridgehead atoms. The van der Waals surface area contributed by atoms with Crippen molar-refractivity contribution in [3.8, 4) is 0 Å². The van der Waals surface area contributed by atoms with Crippen LogP contribution < -0.4 is 0 Å². The molecule has 0 amide bonds. The van der Waals surface area contributed by atoms with E-state index < -0.39 is 11.9 Å². The van der Waals surface area contributed by atoms with Crippen molar-refractivity contribution < 1.29 is 19.8 Å². The summed E-state index contributed by atoms with van der Waals surface area (Å²) in [6.45, 7) is 0. The van der Waals surface area contributed by atoms with Gasteiger partial charge in [0.15, 0.2) is 0 Å². The van der Waals surface area contributed by atoms with Crippen molar-refractivity contribution in [2.24, 2.45) is 0 Å². The SMILES string of the molecule is O=C(O)/C=C(\C(=O)O)c1cc2ccccn2n1. The van der Waals surface area contributed by atoms with Gasteiger partial charge in [-0.15, -0.1) is 0 Å². The number of hydrogen-bond acceptors (Lipinski definition) is 3. The lowest BCUT2D eigenvalue weighted by atomic mass is 10.2. The molecule has 0 atom stereocenters.